The van der Waals surface area contributed by atoms with Crippen LogP contribution in [0.5, 0.6) is 23.0 Å². The largest absolute Gasteiger partial charge is 0.493 e. The lowest BCUT2D eigenvalue weighted by Gasteiger charge is -2.16. The molecule has 0 radical (unpaired) electrons. The van der Waals surface area contributed by atoms with Crippen LogP contribution in [0.1, 0.15) is 31.7 Å². The Morgan fingerprint density at radius 1 is 0.872 bits per heavy atom. The maximum atomic E-state index is 13.0. The molecule has 2 N–H and O–H groups in total. The van der Waals surface area contributed by atoms with Crippen molar-refractivity contribution in [1.29, 1.82) is 0 Å². The van der Waals surface area contributed by atoms with Crippen LogP contribution in [0, 0.1) is 12.3 Å². The molecule has 1 heterocycles. The average Bonchev–Trinajstić information content (AvgIpc) is 3.76. The van der Waals surface area contributed by atoms with Crippen LogP contribution in [0.2, 0.25) is 0 Å². The molecule has 1 fully saturated rings. The number of aryl methyl sites for hydroxylation is 1. The topological polar surface area (TPSA) is 98.8 Å². The zero-order valence-electron chi connectivity index (χ0n) is 22.2. The van der Waals surface area contributed by atoms with Gasteiger partial charge in [-0.25, -0.2) is 0 Å². The fraction of sp³-hybridized carbons (Fsp3) is 0.258. The van der Waals surface area contributed by atoms with E-state index in [4.69, 9.17) is 14.2 Å². The molecular formula is C31H31N3O5. The molecule has 0 bridgehead atoms. The Balaban J connectivity index is 1.27. The first-order valence-corrected chi connectivity index (χ1v) is 13.0. The molecule has 0 atom stereocenters. The zero-order chi connectivity index (χ0) is 27.4. The molecule has 1 aliphatic carbocycles. The lowest BCUT2D eigenvalue weighted by molar-refractivity contribution is -0.131. The number of methoxy groups -OCH3 is 1. The first-order chi connectivity index (χ1) is 18.9. The van der Waals surface area contributed by atoms with Gasteiger partial charge in [-0.2, -0.15) is 0 Å². The molecule has 200 valence electrons. The van der Waals surface area contributed by atoms with Crippen LogP contribution in [0.15, 0.2) is 72.9 Å². The van der Waals surface area contributed by atoms with Crippen LogP contribution in [0.4, 0.5) is 11.4 Å². The van der Waals surface area contributed by atoms with Crippen molar-refractivity contribution in [3.63, 3.8) is 0 Å². The number of pyridine rings is 1. The van der Waals surface area contributed by atoms with Gasteiger partial charge in [-0.15, -0.1) is 0 Å². The van der Waals surface area contributed by atoms with E-state index in [1.807, 2.05) is 50.2 Å². The van der Waals surface area contributed by atoms with Crippen molar-refractivity contribution in [2.45, 2.75) is 33.1 Å². The van der Waals surface area contributed by atoms with Crippen molar-refractivity contribution in [3.8, 4) is 23.0 Å². The minimum Gasteiger partial charge on any atom is -0.493 e. The first kappa shape index (κ1) is 26.0. The lowest BCUT2D eigenvalue weighted by Crippen LogP contribution is -2.35. The number of ether oxygens (including phenoxy) is 3. The monoisotopic (exact) mass is 525 g/mol. The number of amides is 2. The van der Waals surface area contributed by atoms with Crippen molar-refractivity contribution in [1.82, 2.24) is 4.98 Å². The molecular weight excluding hydrogens is 494 g/mol. The van der Waals surface area contributed by atoms with E-state index < -0.39 is 5.41 Å². The van der Waals surface area contributed by atoms with Crippen molar-refractivity contribution in [2.24, 2.45) is 5.41 Å². The zero-order valence-corrected chi connectivity index (χ0v) is 22.2. The number of hydrogen-bond donors (Lipinski definition) is 2. The molecule has 0 spiro atoms. The van der Waals surface area contributed by atoms with E-state index in [1.54, 1.807) is 43.6 Å². The number of carbonyl (C=O) groups is 2. The standard InChI is InChI=1S/C31H31N3O5/c1-4-17-38-28-18-24-25(19-27(28)37-3)32-16-13-26(24)39-23-11-9-22(10-12-23)34-30(36)31(14-15-31)29(35)33-21-7-5-20(2)6-8-21/h5-13,16,18-19H,4,14-15,17H2,1-3H3,(H,33,35)(H,34,36). The number of benzene rings is 3. The van der Waals surface area contributed by atoms with E-state index >= 15 is 0 Å². The SMILES string of the molecule is CCCOc1cc2c(Oc3ccc(NC(=O)C4(C(=O)Nc5ccc(C)cc5)CC4)cc3)ccnc2cc1OC. The Morgan fingerprint density at radius 3 is 2.10 bits per heavy atom. The number of fused-ring (bicyclic) bond motifs is 1. The summed E-state index contributed by atoms with van der Waals surface area (Å²) in [5, 5.41) is 6.54. The summed E-state index contributed by atoms with van der Waals surface area (Å²) in [6.45, 7) is 4.59. The summed E-state index contributed by atoms with van der Waals surface area (Å²) in [6, 6.07) is 20.0. The van der Waals surface area contributed by atoms with Crippen molar-refractivity contribution in [3.05, 3.63) is 78.5 Å². The Hall–Kier alpha value is -4.59. The van der Waals surface area contributed by atoms with Crippen LogP contribution < -0.4 is 24.8 Å². The average molecular weight is 526 g/mol. The molecule has 1 aromatic heterocycles. The van der Waals surface area contributed by atoms with Gasteiger partial charge in [-0.3, -0.25) is 14.6 Å². The molecule has 8 heteroatoms. The van der Waals surface area contributed by atoms with Gasteiger partial charge >= 0.3 is 0 Å². The highest BCUT2D eigenvalue weighted by molar-refractivity contribution is 6.16. The smallest absolute Gasteiger partial charge is 0.240 e. The predicted octanol–water partition coefficient (Wildman–Crippen LogP) is 6.49. The maximum absolute atomic E-state index is 13.0. The number of nitrogens with zero attached hydrogens (tertiary/aromatic N) is 1. The van der Waals surface area contributed by atoms with Crippen molar-refractivity contribution >= 4 is 34.1 Å². The number of aromatic nitrogens is 1. The van der Waals surface area contributed by atoms with Crippen LogP contribution in [0.25, 0.3) is 10.9 Å². The molecule has 3 aromatic carbocycles. The van der Waals surface area contributed by atoms with Gasteiger partial charge in [-0.05, 0) is 74.7 Å². The lowest BCUT2D eigenvalue weighted by atomic mass is 10.0. The quantitative estimate of drug-likeness (QED) is 0.230. The highest BCUT2D eigenvalue weighted by Gasteiger charge is 2.56. The summed E-state index contributed by atoms with van der Waals surface area (Å²) in [7, 11) is 1.60. The van der Waals surface area contributed by atoms with E-state index in [2.05, 4.69) is 15.6 Å². The first-order valence-electron chi connectivity index (χ1n) is 13.0. The van der Waals surface area contributed by atoms with Gasteiger partial charge in [0.15, 0.2) is 11.5 Å². The molecule has 39 heavy (non-hydrogen) atoms. The van der Waals surface area contributed by atoms with Crippen molar-refractivity contribution < 1.29 is 23.8 Å². The van der Waals surface area contributed by atoms with Gasteiger partial charge in [0.25, 0.3) is 0 Å². The molecule has 0 unspecified atom stereocenters. The summed E-state index contributed by atoms with van der Waals surface area (Å²) in [6.07, 6.45) is 3.58. The summed E-state index contributed by atoms with van der Waals surface area (Å²) in [5.41, 5.74) is 2.03. The van der Waals surface area contributed by atoms with Crippen LogP contribution in [-0.2, 0) is 9.59 Å². The third-order valence-corrected chi connectivity index (χ3v) is 6.72. The summed E-state index contributed by atoms with van der Waals surface area (Å²) in [5.74, 6) is 1.85. The van der Waals surface area contributed by atoms with Gasteiger partial charge in [0.05, 0.1) is 19.2 Å². The van der Waals surface area contributed by atoms with Gasteiger partial charge in [0.2, 0.25) is 11.8 Å². The molecule has 2 amide bonds. The molecule has 0 saturated heterocycles. The van der Waals surface area contributed by atoms with Crippen LogP contribution >= 0.6 is 0 Å². The maximum Gasteiger partial charge on any atom is 0.240 e. The Morgan fingerprint density at radius 2 is 1.51 bits per heavy atom. The molecule has 0 aliphatic heterocycles. The number of nitrogens with one attached hydrogen (secondary N) is 2. The van der Waals surface area contributed by atoms with Gasteiger partial charge in [0, 0.05) is 29.0 Å². The fourth-order valence-corrected chi connectivity index (χ4v) is 4.26. The van der Waals surface area contributed by atoms with Gasteiger partial charge < -0.3 is 24.8 Å². The Kier molecular flexibility index (Phi) is 7.36. The third-order valence-electron chi connectivity index (χ3n) is 6.72. The second-order valence-corrected chi connectivity index (χ2v) is 9.66. The fourth-order valence-electron chi connectivity index (χ4n) is 4.26. The van der Waals surface area contributed by atoms with E-state index in [1.165, 1.54) is 0 Å². The summed E-state index contributed by atoms with van der Waals surface area (Å²) in [4.78, 5) is 30.4. The van der Waals surface area contributed by atoms with Crippen LogP contribution in [-0.4, -0.2) is 30.5 Å². The van der Waals surface area contributed by atoms with E-state index in [0.29, 0.717) is 53.8 Å². The van der Waals surface area contributed by atoms with E-state index in [-0.39, 0.29) is 11.8 Å². The highest BCUT2D eigenvalue weighted by atomic mass is 16.5. The third kappa shape index (κ3) is 5.65. The highest BCUT2D eigenvalue weighted by Crippen LogP contribution is 2.47. The minimum atomic E-state index is -1.05. The number of anilines is 2. The summed E-state index contributed by atoms with van der Waals surface area (Å²) >= 11 is 0. The van der Waals surface area contributed by atoms with E-state index in [0.717, 1.165) is 22.9 Å². The molecule has 5 rings (SSSR count). The number of carbonyl (C=O) groups excluding carboxylic acids is 2. The molecule has 1 saturated carbocycles. The Bertz CT molecular complexity index is 1500. The molecule has 1 aliphatic rings. The molecule has 4 aromatic rings. The minimum absolute atomic E-state index is 0.285. The summed E-state index contributed by atoms with van der Waals surface area (Å²) < 4.78 is 17.5. The number of rotatable bonds is 10. The number of hydrogen-bond acceptors (Lipinski definition) is 6. The van der Waals surface area contributed by atoms with Gasteiger partial charge in [-0.1, -0.05) is 24.6 Å². The van der Waals surface area contributed by atoms with E-state index in [9.17, 15) is 9.59 Å². The second-order valence-electron chi connectivity index (χ2n) is 9.66. The van der Waals surface area contributed by atoms with Crippen LogP contribution in [0.3, 0.4) is 0 Å². The van der Waals surface area contributed by atoms with Gasteiger partial charge in [0.1, 0.15) is 16.9 Å². The van der Waals surface area contributed by atoms with Crippen molar-refractivity contribution in [2.75, 3.05) is 24.4 Å². The second kappa shape index (κ2) is 11.0. The predicted molar refractivity (Wildman–Crippen MR) is 151 cm³/mol. The molecule has 8 nitrogen and oxygen atoms in total. The Labute approximate surface area is 227 Å². The normalized spacial score (nSPS) is 13.4.